The minimum atomic E-state index is -1.07. The van der Waals surface area contributed by atoms with Gasteiger partial charge in [-0.25, -0.2) is 0 Å². The second-order valence-corrected chi connectivity index (χ2v) is 8.74. The Bertz CT molecular complexity index is 1160. The van der Waals surface area contributed by atoms with Gasteiger partial charge in [-0.15, -0.1) is 11.8 Å². The smallest absolute Gasteiger partial charge is 0.227 e. The molecule has 2 aliphatic rings. The standard InChI is InChI=1S/C25H22N2O2S/c1-2-25(18-11-9-17(10-12-18)16-23-19(26)13-15-30-23)24(28)21-7-5-14-27(21)20-6-3-4-8-22(20)29-25/h3-15,23,26H,2,16H2,1H3. The van der Waals surface area contributed by atoms with E-state index in [4.69, 9.17) is 10.1 Å². The van der Waals surface area contributed by atoms with Gasteiger partial charge in [0.25, 0.3) is 0 Å². The molecule has 1 N–H and O–H groups in total. The van der Waals surface area contributed by atoms with Crippen LogP contribution in [0.2, 0.25) is 0 Å². The predicted octanol–water partition coefficient (Wildman–Crippen LogP) is 5.55. The Kier molecular flexibility index (Phi) is 4.63. The molecule has 3 aromatic rings. The van der Waals surface area contributed by atoms with Gasteiger partial charge in [0, 0.05) is 17.5 Å². The van der Waals surface area contributed by atoms with E-state index in [1.807, 2.05) is 77.7 Å². The Morgan fingerprint density at radius 1 is 1.10 bits per heavy atom. The summed E-state index contributed by atoms with van der Waals surface area (Å²) in [6, 6.07) is 19.7. The lowest BCUT2D eigenvalue weighted by Crippen LogP contribution is -2.41. The van der Waals surface area contributed by atoms with Gasteiger partial charge in [0.1, 0.15) is 5.75 Å². The van der Waals surface area contributed by atoms with E-state index in [-0.39, 0.29) is 11.0 Å². The Morgan fingerprint density at radius 2 is 1.90 bits per heavy atom. The first-order valence-electron chi connectivity index (χ1n) is 10.1. The first-order chi connectivity index (χ1) is 14.6. The number of thioether (sulfide) groups is 1. The first-order valence-corrected chi connectivity index (χ1v) is 11.1. The molecule has 0 amide bonds. The lowest BCUT2D eigenvalue weighted by molar-refractivity contribution is 0.0424. The number of aromatic nitrogens is 1. The van der Waals surface area contributed by atoms with E-state index < -0.39 is 5.60 Å². The second kappa shape index (κ2) is 7.33. The second-order valence-electron chi connectivity index (χ2n) is 7.63. The molecule has 0 saturated carbocycles. The first kappa shape index (κ1) is 18.9. The zero-order chi connectivity index (χ0) is 20.7. The number of fused-ring (bicyclic) bond motifs is 3. The van der Waals surface area contributed by atoms with E-state index in [0.717, 1.165) is 23.2 Å². The molecule has 150 valence electrons. The quantitative estimate of drug-likeness (QED) is 0.609. The summed E-state index contributed by atoms with van der Waals surface area (Å²) < 4.78 is 8.42. The van der Waals surface area contributed by atoms with Crippen molar-refractivity contribution in [3.05, 3.63) is 95.2 Å². The lowest BCUT2D eigenvalue weighted by atomic mass is 9.84. The highest BCUT2D eigenvalue weighted by molar-refractivity contribution is 8.03. The highest BCUT2D eigenvalue weighted by Gasteiger charge is 2.45. The maximum atomic E-state index is 13.7. The van der Waals surface area contributed by atoms with Crippen molar-refractivity contribution in [2.75, 3.05) is 0 Å². The molecule has 0 saturated heterocycles. The van der Waals surface area contributed by atoms with Crippen LogP contribution in [0.15, 0.2) is 78.3 Å². The van der Waals surface area contributed by atoms with Crippen LogP contribution in [0.1, 0.15) is 35.0 Å². The van der Waals surface area contributed by atoms with Crippen LogP contribution >= 0.6 is 11.8 Å². The average molecular weight is 415 g/mol. The summed E-state index contributed by atoms with van der Waals surface area (Å²) in [7, 11) is 0. The molecule has 0 aliphatic carbocycles. The molecule has 4 nitrogen and oxygen atoms in total. The third kappa shape index (κ3) is 2.92. The number of carbonyl (C=O) groups is 1. The molecule has 0 fully saturated rings. The fourth-order valence-electron chi connectivity index (χ4n) is 4.26. The average Bonchev–Trinajstić information content (AvgIpc) is 3.40. The van der Waals surface area contributed by atoms with Crippen LogP contribution < -0.4 is 4.74 Å². The molecule has 0 spiro atoms. The van der Waals surface area contributed by atoms with E-state index >= 15 is 0 Å². The largest absolute Gasteiger partial charge is 0.472 e. The van der Waals surface area contributed by atoms with Gasteiger partial charge in [-0.2, -0.15) is 0 Å². The maximum Gasteiger partial charge on any atom is 0.227 e. The number of carbonyl (C=O) groups excluding carboxylic acids is 1. The van der Waals surface area contributed by atoms with Crippen LogP contribution in [0.5, 0.6) is 5.75 Å². The van der Waals surface area contributed by atoms with E-state index in [9.17, 15) is 4.79 Å². The van der Waals surface area contributed by atoms with Gasteiger partial charge in [0.15, 0.2) is 5.60 Å². The summed E-state index contributed by atoms with van der Waals surface area (Å²) in [6.45, 7) is 2.00. The SMILES string of the molecule is CCC1(c2ccc(CC3SC=CC3=N)cc2)Oc2ccccc2-n2cccc2C1=O. The van der Waals surface area contributed by atoms with Crippen molar-refractivity contribution in [2.45, 2.75) is 30.6 Å². The molecule has 0 bridgehead atoms. The summed E-state index contributed by atoms with van der Waals surface area (Å²) in [6.07, 6.45) is 5.10. The predicted molar refractivity (Wildman–Crippen MR) is 121 cm³/mol. The van der Waals surface area contributed by atoms with Gasteiger partial charge in [-0.1, -0.05) is 43.3 Å². The molecular formula is C25H22N2O2S. The molecule has 0 radical (unpaired) electrons. The van der Waals surface area contributed by atoms with Gasteiger partial charge in [-0.05, 0) is 54.2 Å². The highest BCUT2D eigenvalue weighted by Crippen LogP contribution is 2.41. The van der Waals surface area contributed by atoms with Crippen LogP contribution in [-0.4, -0.2) is 21.3 Å². The number of hydrogen-bond acceptors (Lipinski definition) is 4. The number of ketones is 1. The third-order valence-electron chi connectivity index (χ3n) is 5.93. The number of para-hydroxylation sites is 2. The number of nitrogens with one attached hydrogen (secondary N) is 1. The normalized spacial score (nSPS) is 22.4. The monoisotopic (exact) mass is 414 g/mol. The fraction of sp³-hybridized carbons (Fsp3) is 0.200. The van der Waals surface area contributed by atoms with Crippen molar-refractivity contribution in [2.24, 2.45) is 0 Å². The molecule has 5 heteroatoms. The van der Waals surface area contributed by atoms with Crippen molar-refractivity contribution in [3.8, 4) is 11.4 Å². The molecular weight excluding hydrogens is 392 g/mol. The van der Waals surface area contributed by atoms with Crippen LogP contribution in [0, 0.1) is 5.41 Å². The van der Waals surface area contributed by atoms with Crippen LogP contribution in [0.3, 0.4) is 0 Å². The Labute approximate surface area is 180 Å². The van der Waals surface area contributed by atoms with E-state index in [1.54, 1.807) is 11.8 Å². The van der Waals surface area contributed by atoms with Gasteiger partial charge < -0.3 is 14.7 Å². The molecule has 5 rings (SSSR count). The molecule has 3 heterocycles. The van der Waals surface area contributed by atoms with Gasteiger partial charge in [0.2, 0.25) is 5.78 Å². The van der Waals surface area contributed by atoms with Gasteiger partial charge >= 0.3 is 0 Å². The molecule has 2 aliphatic heterocycles. The number of benzene rings is 2. The Balaban J connectivity index is 1.55. The third-order valence-corrected chi connectivity index (χ3v) is 6.98. The highest BCUT2D eigenvalue weighted by atomic mass is 32.2. The number of nitrogens with zero attached hydrogens (tertiary/aromatic N) is 1. The number of rotatable bonds is 4. The summed E-state index contributed by atoms with van der Waals surface area (Å²) in [5, 5.41) is 10.2. The van der Waals surface area contributed by atoms with Crippen molar-refractivity contribution in [1.82, 2.24) is 4.57 Å². The maximum absolute atomic E-state index is 13.7. The molecule has 1 aromatic heterocycles. The van der Waals surface area contributed by atoms with Crippen LogP contribution in [-0.2, 0) is 12.0 Å². The molecule has 2 aromatic carbocycles. The van der Waals surface area contributed by atoms with E-state index in [1.165, 1.54) is 0 Å². The topological polar surface area (TPSA) is 55.1 Å². The van der Waals surface area contributed by atoms with E-state index in [0.29, 0.717) is 23.6 Å². The van der Waals surface area contributed by atoms with Gasteiger partial charge in [0.05, 0.1) is 16.6 Å². The van der Waals surface area contributed by atoms with Crippen molar-refractivity contribution >= 4 is 23.3 Å². The number of Topliss-reactive ketones (excluding diaryl/α,β-unsaturated/α-hetero) is 1. The Hall–Kier alpha value is -3.05. The van der Waals surface area contributed by atoms with Crippen LogP contribution in [0.4, 0.5) is 0 Å². The molecule has 2 unspecified atom stereocenters. The number of ether oxygens (including phenoxy) is 1. The van der Waals surface area contributed by atoms with Crippen molar-refractivity contribution in [3.63, 3.8) is 0 Å². The Morgan fingerprint density at radius 3 is 2.63 bits per heavy atom. The molecule has 2 atom stereocenters. The summed E-state index contributed by atoms with van der Waals surface area (Å²) in [4.78, 5) is 13.7. The van der Waals surface area contributed by atoms with Crippen molar-refractivity contribution in [1.29, 1.82) is 5.41 Å². The fourth-order valence-corrected chi connectivity index (χ4v) is 5.19. The molecule has 30 heavy (non-hydrogen) atoms. The van der Waals surface area contributed by atoms with Crippen LogP contribution in [0.25, 0.3) is 5.69 Å². The van der Waals surface area contributed by atoms with Crippen molar-refractivity contribution < 1.29 is 9.53 Å². The zero-order valence-corrected chi connectivity index (χ0v) is 17.5. The minimum absolute atomic E-state index is 0.0312. The summed E-state index contributed by atoms with van der Waals surface area (Å²) in [5.41, 5.74) is 3.11. The minimum Gasteiger partial charge on any atom is -0.472 e. The number of allylic oxidation sites excluding steroid dienone is 1. The zero-order valence-electron chi connectivity index (χ0n) is 16.7. The lowest BCUT2D eigenvalue weighted by Gasteiger charge is -2.31. The number of hydrogen-bond donors (Lipinski definition) is 1. The van der Waals surface area contributed by atoms with Gasteiger partial charge in [-0.3, -0.25) is 4.79 Å². The van der Waals surface area contributed by atoms with E-state index in [2.05, 4.69) is 12.1 Å². The summed E-state index contributed by atoms with van der Waals surface area (Å²) in [5.74, 6) is 0.671. The summed E-state index contributed by atoms with van der Waals surface area (Å²) >= 11 is 1.68.